The third-order valence-electron chi connectivity index (χ3n) is 2.20. The summed E-state index contributed by atoms with van der Waals surface area (Å²) in [6.07, 6.45) is 0.973. The van der Waals surface area contributed by atoms with Crippen LogP contribution >= 0.6 is 0 Å². The average molecular weight is 164 g/mol. The zero-order valence-electron chi connectivity index (χ0n) is 6.81. The van der Waals surface area contributed by atoms with Gasteiger partial charge < -0.3 is 5.32 Å². The Morgan fingerprint density at radius 3 is 2.75 bits per heavy atom. The second kappa shape index (κ2) is 3.23. The Bertz CT molecular complexity index is 266. The van der Waals surface area contributed by atoms with E-state index in [-0.39, 0.29) is 5.82 Å². The molecule has 1 saturated heterocycles. The highest BCUT2D eigenvalue weighted by molar-refractivity contribution is 5.34. The number of rotatable bonds is 1. The van der Waals surface area contributed by atoms with E-state index in [9.17, 15) is 4.39 Å². The Labute approximate surface area is 71.6 Å². The maximum Gasteiger partial charge on any atom is 0.127 e. The minimum atomic E-state index is -0.101. The number of benzene rings is 1. The molecule has 0 saturated carbocycles. The summed E-state index contributed by atoms with van der Waals surface area (Å²) in [4.78, 5) is 0. The fraction of sp³-hybridized carbons (Fsp3) is 0.300. The van der Waals surface area contributed by atoms with Crippen LogP contribution in [0.3, 0.4) is 0 Å². The van der Waals surface area contributed by atoms with E-state index >= 15 is 0 Å². The van der Waals surface area contributed by atoms with Gasteiger partial charge >= 0.3 is 0 Å². The summed E-state index contributed by atoms with van der Waals surface area (Å²) < 4.78 is 13.2. The van der Waals surface area contributed by atoms with Gasteiger partial charge in [0.25, 0.3) is 0 Å². The van der Waals surface area contributed by atoms with E-state index in [1.807, 2.05) is 12.1 Å². The predicted molar refractivity (Wildman–Crippen MR) is 46.2 cm³/mol. The molecule has 1 N–H and O–H groups in total. The first-order valence-electron chi connectivity index (χ1n) is 4.18. The lowest BCUT2D eigenvalue weighted by atomic mass is 9.98. The van der Waals surface area contributed by atoms with Crippen molar-refractivity contribution in [2.24, 2.45) is 0 Å². The molecular formula is C10H11FN. The summed E-state index contributed by atoms with van der Waals surface area (Å²) in [5.74, 6) is 1.09. The van der Waals surface area contributed by atoms with Crippen LogP contribution < -0.4 is 5.32 Å². The second-order valence-electron chi connectivity index (χ2n) is 3.01. The van der Waals surface area contributed by atoms with Crippen molar-refractivity contribution >= 4 is 0 Å². The topological polar surface area (TPSA) is 12.0 Å². The third-order valence-corrected chi connectivity index (χ3v) is 2.20. The Balaban J connectivity index is 2.26. The second-order valence-corrected chi connectivity index (χ2v) is 3.01. The van der Waals surface area contributed by atoms with E-state index in [4.69, 9.17) is 0 Å². The smallest absolute Gasteiger partial charge is 0.127 e. The summed E-state index contributed by atoms with van der Waals surface area (Å²) in [5.41, 5.74) is 0.780. The summed E-state index contributed by atoms with van der Waals surface area (Å²) in [6, 6.07) is 6.96. The molecule has 12 heavy (non-hydrogen) atoms. The molecule has 0 aliphatic carbocycles. The van der Waals surface area contributed by atoms with E-state index in [0.717, 1.165) is 25.1 Å². The minimum absolute atomic E-state index is 0.101. The van der Waals surface area contributed by atoms with Gasteiger partial charge in [0.2, 0.25) is 0 Å². The molecule has 0 bridgehead atoms. The molecule has 0 unspecified atom stereocenters. The van der Waals surface area contributed by atoms with Crippen LogP contribution in [0.25, 0.3) is 0 Å². The summed E-state index contributed by atoms with van der Waals surface area (Å²) in [5, 5.41) is 3.19. The van der Waals surface area contributed by atoms with Crippen LogP contribution in [-0.4, -0.2) is 13.1 Å². The van der Waals surface area contributed by atoms with Crippen molar-refractivity contribution in [3.63, 3.8) is 0 Å². The van der Waals surface area contributed by atoms with Gasteiger partial charge in [-0.25, -0.2) is 4.39 Å². The van der Waals surface area contributed by atoms with Crippen LogP contribution in [0.1, 0.15) is 12.0 Å². The number of hydrogen-bond acceptors (Lipinski definition) is 1. The maximum absolute atomic E-state index is 13.2. The Hall–Kier alpha value is -0.890. The molecule has 2 heteroatoms. The zero-order valence-corrected chi connectivity index (χ0v) is 6.81. The monoisotopic (exact) mass is 164 g/mol. The molecule has 1 fully saturated rings. The average Bonchev–Trinajstić information content (AvgIpc) is 2.57. The Kier molecular flexibility index (Phi) is 2.09. The van der Waals surface area contributed by atoms with Crippen molar-refractivity contribution in [2.45, 2.75) is 6.42 Å². The van der Waals surface area contributed by atoms with Crippen molar-refractivity contribution in [1.29, 1.82) is 0 Å². The molecule has 1 aromatic rings. The standard InChI is InChI=1S/C10H11FN/c11-10-4-2-1-3-9(10)8-5-6-12-7-8/h1-4,12H,5-7H2. The van der Waals surface area contributed by atoms with Gasteiger partial charge in [-0.3, -0.25) is 0 Å². The summed E-state index contributed by atoms with van der Waals surface area (Å²) in [6.45, 7) is 1.81. The predicted octanol–water partition coefficient (Wildman–Crippen LogP) is 1.74. The van der Waals surface area contributed by atoms with Crippen LogP contribution in [0, 0.1) is 11.7 Å². The van der Waals surface area contributed by atoms with E-state index in [1.165, 1.54) is 12.0 Å². The van der Waals surface area contributed by atoms with Crippen LogP contribution in [-0.2, 0) is 0 Å². The Morgan fingerprint density at radius 2 is 2.08 bits per heavy atom. The van der Waals surface area contributed by atoms with Gasteiger partial charge in [0, 0.05) is 12.5 Å². The van der Waals surface area contributed by atoms with Crippen LogP contribution in [0.15, 0.2) is 24.3 Å². The molecular weight excluding hydrogens is 153 g/mol. The lowest BCUT2D eigenvalue weighted by Crippen LogP contribution is -2.09. The molecule has 63 valence electrons. The maximum atomic E-state index is 13.2. The van der Waals surface area contributed by atoms with Crippen molar-refractivity contribution in [2.75, 3.05) is 13.1 Å². The largest absolute Gasteiger partial charge is 0.316 e. The number of hydrogen-bond donors (Lipinski definition) is 1. The molecule has 1 aliphatic rings. The number of halogens is 1. The molecule has 0 amide bonds. The fourth-order valence-electron chi connectivity index (χ4n) is 1.54. The van der Waals surface area contributed by atoms with Crippen molar-refractivity contribution in [3.8, 4) is 0 Å². The summed E-state index contributed by atoms with van der Waals surface area (Å²) in [7, 11) is 0. The normalized spacial score (nSPS) is 18.4. The van der Waals surface area contributed by atoms with Gasteiger partial charge in [-0.15, -0.1) is 0 Å². The molecule has 0 spiro atoms. The first kappa shape index (κ1) is 7.74. The lowest BCUT2D eigenvalue weighted by molar-refractivity contribution is 0.613. The van der Waals surface area contributed by atoms with E-state index in [0.29, 0.717) is 0 Å². The van der Waals surface area contributed by atoms with Gasteiger partial charge in [-0.1, -0.05) is 18.2 Å². The third kappa shape index (κ3) is 1.34. The molecule has 1 aromatic carbocycles. The molecule has 1 radical (unpaired) electrons. The van der Waals surface area contributed by atoms with Crippen LogP contribution in [0.5, 0.6) is 0 Å². The highest BCUT2D eigenvalue weighted by atomic mass is 19.1. The first-order chi connectivity index (χ1) is 5.88. The SMILES string of the molecule is Fc1ccccc1[C]1CCNC1. The van der Waals surface area contributed by atoms with Gasteiger partial charge in [0.15, 0.2) is 0 Å². The fourth-order valence-corrected chi connectivity index (χ4v) is 1.54. The van der Waals surface area contributed by atoms with E-state index in [1.54, 1.807) is 6.07 Å². The Morgan fingerprint density at radius 1 is 1.25 bits per heavy atom. The zero-order chi connectivity index (χ0) is 8.39. The molecule has 1 aliphatic heterocycles. The van der Waals surface area contributed by atoms with Crippen molar-refractivity contribution in [1.82, 2.24) is 5.32 Å². The van der Waals surface area contributed by atoms with Crippen molar-refractivity contribution in [3.05, 3.63) is 41.6 Å². The lowest BCUT2D eigenvalue weighted by Gasteiger charge is -2.07. The molecule has 1 nitrogen and oxygen atoms in total. The van der Waals surface area contributed by atoms with Gasteiger partial charge in [0.05, 0.1) is 0 Å². The van der Waals surface area contributed by atoms with Crippen LogP contribution in [0.4, 0.5) is 4.39 Å². The van der Waals surface area contributed by atoms with Gasteiger partial charge in [-0.05, 0) is 24.6 Å². The number of nitrogens with one attached hydrogen (secondary N) is 1. The first-order valence-corrected chi connectivity index (χ1v) is 4.18. The molecule has 2 rings (SSSR count). The quantitative estimate of drug-likeness (QED) is 0.666. The highest BCUT2D eigenvalue weighted by Crippen LogP contribution is 2.23. The van der Waals surface area contributed by atoms with Gasteiger partial charge in [0.1, 0.15) is 5.82 Å². The van der Waals surface area contributed by atoms with E-state index < -0.39 is 0 Å². The molecule has 0 atom stereocenters. The highest BCUT2D eigenvalue weighted by Gasteiger charge is 2.19. The summed E-state index contributed by atoms with van der Waals surface area (Å²) >= 11 is 0. The minimum Gasteiger partial charge on any atom is -0.316 e. The van der Waals surface area contributed by atoms with Crippen LogP contribution in [0.2, 0.25) is 0 Å². The van der Waals surface area contributed by atoms with E-state index in [2.05, 4.69) is 5.32 Å². The molecule has 1 heterocycles. The van der Waals surface area contributed by atoms with Gasteiger partial charge in [-0.2, -0.15) is 0 Å². The van der Waals surface area contributed by atoms with Crippen molar-refractivity contribution < 1.29 is 4.39 Å². The molecule has 0 aromatic heterocycles.